The predicted octanol–water partition coefficient (Wildman–Crippen LogP) is 4.21. The fourth-order valence-corrected chi connectivity index (χ4v) is 3.09. The molecule has 24 heavy (non-hydrogen) atoms. The van der Waals surface area contributed by atoms with Gasteiger partial charge in [-0.2, -0.15) is 5.26 Å². The molecule has 2 N–H and O–H groups in total. The molecule has 1 aromatic heterocycles. The number of halogens is 1. The van der Waals surface area contributed by atoms with E-state index in [2.05, 4.69) is 15.3 Å². The minimum atomic E-state index is -0.336. The van der Waals surface area contributed by atoms with Gasteiger partial charge in [-0.15, -0.1) is 0 Å². The summed E-state index contributed by atoms with van der Waals surface area (Å²) < 4.78 is 0. The number of carbonyl (C=O) groups is 1. The van der Waals surface area contributed by atoms with Crippen LogP contribution < -0.4 is 5.32 Å². The average Bonchev–Trinajstić information content (AvgIpc) is 2.96. The first kappa shape index (κ1) is 16.4. The molecule has 0 radical (unpaired) electrons. The lowest BCUT2D eigenvalue weighted by molar-refractivity contribution is -0.115. The Morgan fingerprint density at radius 1 is 1.33 bits per heavy atom. The number of benzene rings is 2. The highest BCUT2D eigenvalue weighted by molar-refractivity contribution is 8.00. The number of hydrogen-bond donors (Lipinski definition) is 2. The minimum absolute atomic E-state index is 0.136. The van der Waals surface area contributed by atoms with Gasteiger partial charge in [0.05, 0.1) is 27.9 Å². The maximum atomic E-state index is 12.3. The van der Waals surface area contributed by atoms with E-state index in [1.54, 1.807) is 36.4 Å². The van der Waals surface area contributed by atoms with E-state index in [4.69, 9.17) is 16.9 Å². The fourth-order valence-electron chi connectivity index (χ4n) is 2.10. The van der Waals surface area contributed by atoms with Crippen molar-refractivity contribution < 1.29 is 4.79 Å². The van der Waals surface area contributed by atoms with Gasteiger partial charge in [0.25, 0.3) is 0 Å². The Kier molecular flexibility index (Phi) is 4.74. The van der Waals surface area contributed by atoms with Gasteiger partial charge in [-0.25, -0.2) is 4.98 Å². The van der Waals surface area contributed by atoms with Crippen LogP contribution in [0.3, 0.4) is 0 Å². The largest absolute Gasteiger partial charge is 0.333 e. The molecule has 120 valence electrons. The third-order valence-corrected chi connectivity index (χ3v) is 4.58. The van der Waals surface area contributed by atoms with Crippen LogP contribution in [0.25, 0.3) is 11.0 Å². The van der Waals surface area contributed by atoms with Crippen LogP contribution >= 0.6 is 23.4 Å². The van der Waals surface area contributed by atoms with Crippen molar-refractivity contribution in [3.05, 3.63) is 53.1 Å². The zero-order valence-electron chi connectivity index (χ0n) is 12.7. The number of H-pyrrole nitrogens is 1. The number of hydrogen-bond acceptors (Lipinski definition) is 4. The number of carbonyl (C=O) groups excluding carboxylic acids is 1. The SMILES string of the molecule is CC(Sc1nc2cc(Cl)ccc2[nH]1)C(=O)Nc1ccc(C#N)cc1. The summed E-state index contributed by atoms with van der Waals surface area (Å²) in [5, 5.41) is 12.6. The molecule has 1 unspecified atom stereocenters. The maximum Gasteiger partial charge on any atom is 0.237 e. The highest BCUT2D eigenvalue weighted by Gasteiger charge is 2.17. The molecule has 1 amide bonds. The Balaban J connectivity index is 1.67. The van der Waals surface area contributed by atoms with Gasteiger partial charge in [0.2, 0.25) is 5.91 Å². The first-order valence-electron chi connectivity index (χ1n) is 7.18. The Bertz CT molecular complexity index is 930. The van der Waals surface area contributed by atoms with Crippen molar-refractivity contribution in [2.45, 2.75) is 17.3 Å². The van der Waals surface area contributed by atoms with Crippen molar-refractivity contribution >= 4 is 46.0 Å². The number of aromatic amines is 1. The number of amides is 1. The normalized spacial score (nSPS) is 11.9. The summed E-state index contributed by atoms with van der Waals surface area (Å²) in [6.07, 6.45) is 0. The Labute approximate surface area is 148 Å². The third-order valence-electron chi connectivity index (χ3n) is 3.36. The minimum Gasteiger partial charge on any atom is -0.333 e. The number of aromatic nitrogens is 2. The molecule has 0 aliphatic rings. The second-order valence-electron chi connectivity index (χ2n) is 5.14. The Morgan fingerprint density at radius 2 is 2.08 bits per heavy atom. The lowest BCUT2D eigenvalue weighted by Crippen LogP contribution is -2.22. The van der Waals surface area contributed by atoms with E-state index in [0.717, 1.165) is 11.0 Å². The summed E-state index contributed by atoms with van der Waals surface area (Å²) in [6.45, 7) is 1.81. The van der Waals surface area contributed by atoms with E-state index in [9.17, 15) is 4.79 Å². The lowest BCUT2D eigenvalue weighted by Gasteiger charge is -2.10. The summed E-state index contributed by atoms with van der Waals surface area (Å²) in [6, 6.07) is 14.2. The van der Waals surface area contributed by atoms with Crippen molar-refractivity contribution in [1.29, 1.82) is 5.26 Å². The molecular weight excluding hydrogens is 344 g/mol. The van der Waals surface area contributed by atoms with E-state index < -0.39 is 0 Å². The zero-order chi connectivity index (χ0) is 17.1. The van der Waals surface area contributed by atoms with Gasteiger partial charge in [0.1, 0.15) is 0 Å². The molecule has 2 aromatic carbocycles. The average molecular weight is 357 g/mol. The van der Waals surface area contributed by atoms with Gasteiger partial charge in [-0.1, -0.05) is 23.4 Å². The third kappa shape index (κ3) is 3.70. The topological polar surface area (TPSA) is 81.6 Å². The molecule has 0 aliphatic carbocycles. The van der Waals surface area contributed by atoms with Gasteiger partial charge in [0.15, 0.2) is 5.16 Å². The molecule has 1 atom stereocenters. The first-order chi connectivity index (χ1) is 11.5. The number of nitriles is 1. The van der Waals surface area contributed by atoms with E-state index >= 15 is 0 Å². The van der Waals surface area contributed by atoms with E-state index in [1.807, 2.05) is 19.1 Å². The molecule has 0 spiro atoms. The van der Waals surface area contributed by atoms with Gasteiger partial charge in [0, 0.05) is 10.7 Å². The number of thioether (sulfide) groups is 1. The van der Waals surface area contributed by atoms with Crippen molar-refractivity contribution in [3.8, 4) is 6.07 Å². The molecular formula is C17H13ClN4OS. The van der Waals surface area contributed by atoms with Crippen LogP contribution in [-0.4, -0.2) is 21.1 Å². The van der Waals surface area contributed by atoms with Crippen LogP contribution in [0, 0.1) is 11.3 Å². The van der Waals surface area contributed by atoms with E-state index in [-0.39, 0.29) is 11.2 Å². The van der Waals surface area contributed by atoms with Gasteiger partial charge in [-0.05, 0) is 49.4 Å². The predicted molar refractivity (Wildman–Crippen MR) is 96.2 cm³/mol. The summed E-state index contributed by atoms with van der Waals surface area (Å²) in [5.74, 6) is -0.136. The number of anilines is 1. The molecule has 3 aromatic rings. The van der Waals surface area contributed by atoms with Crippen LogP contribution in [0.15, 0.2) is 47.6 Å². The molecule has 0 aliphatic heterocycles. The quantitative estimate of drug-likeness (QED) is 0.686. The van der Waals surface area contributed by atoms with E-state index in [0.29, 0.717) is 21.4 Å². The molecule has 3 rings (SSSR count). The molecule has 0 saturated heterocycles. The first-order valence-corrected chi connectivity index (χ1v) is 8.44. The monoisotopic (exact) mass is 356 g/mol. The van der Waals surface area contributed by atoms with Crippen LogP contribution in [0.5, 0.6) is 0 Å². The standard InChI is InChI=1S/C17H13ClN4OS/c1-10(16(23)20-13-5-2-11(9-19)3-6-13)24-17-21-14-7-4-12(18)8-15(14)22-17/h2-8,10H,1H3,(H,20,23)(H,21,22). The van der Waals surface area contributed by atoms with Crippen LogP contribution in [-0.2, 0) is 4.79 Å². The second kappa shape index (κ2) is 6.95. The molecule has 5 nitrogen and oxygen atoms in total. The number of imidazole rings is 1. The smallest absolute Gasteiger partial charge is 0.237 e. The van der Waals surface area contributed by atoms with Crippen LogP contribution in [0.4, 0.5) is 5.69 Å². The lowest BCUT2D eigenvalue weighted by atomic mass is 10.2. The molecule has 7 heteroatoms. The molecule has 0 bridgehead atoms. The number of nitrogens with one attached hydrogen (secondary N) is 2. The Morgan fingerprint density at radius 3 is 2.79 bits per heavy atom. The summed E-state index contributed by atoms with van der Waals surface area (Å²) in [7, 11) is 0. The maximum absolute atomic E-state index is 12.3. The van der Waals surface area contributed by atoms with Gasteiger partial charge < -0.3 is 10.3 Å². The number of fused-ring (bicyclic) bond motifs is 1. The van der Waals surface area contributed by atoms with Crippen LogP contribution in [0.2, 0.25) is 5.02 Å². The highest BCUT2D eigenvalue weighted by atomic mass is 35.5. The Hall–Kier alpha value is -2.49. The summed E-state index contributed by atoms with van der Waals surface area (Å²) in [4.78, 5) is 19.9. The highest BCUT2D eigenvalue weighted by Crippen LogP contribution is 2.25. The van der Waals surface area contributed by atoms with Crippen molar-refractivity contribution in [1.82, 2.24) is 9.97 Å². The molecule has 0 fully saturated rings. The number of nitrogens with zero attached hydrogens (tertiary/aromatic N) is 2. The fraction of sp³-hybridized carbons (Fsp3) is 0.118. The number of rotatable bonds is 4. The van der Waals surface area contributed by atoms with Gasteiger partial charge in [-0.3, -0.25) is 4.79 Å². The van der Waals surface area contributed by atoms with Crippen molar-refractivity contribution in [2.24, 2.45) is 0 Å². The van der Waals surface area contributed by atoms with Crippen LogP contribution in [0.1, 0.15) is 12.5 Å². The zero-order valence-corrected chi connectivity index (χ0v) is 14.3. The second-order valence-corrected chi connectivity index (χ2v) is 6.91. The summed E-state index contributed by atoms with van der Waals surface area (Å²) in [5.41, 5.74) is 2.85. The molecule has 0 saturated carbocycles. The molecule has 1 heterocycles. The summed E-state index contributed by atoms with van der Waals surface area (Å²) >= 11 is 7.29. The van der Waals surface area contributed by atoms with Gasteiger partial charge >= 0.3 is 0 Å². The van der Waals surface area contributed by atoms with E-state index in [1.165, 1.54) is 11.8 Å². The van der Waals surface area contributed by atoms with Crippen molar-refractivity contribution in [2.75, 3.05) is 5.32 Å². The van der Waals surface area contributed by atoms with Crippen molar-refractivity contribution in [3.63, 3.8) is 0 Å².